The van der Waals surface area contributed by atoms with Crippen molar-refractivity contribution in [1.29, 1.82) is 0 Å². The van der Waals surface area contributed by atoms with Crippen LogP contribution in [0.25, 0.3) is 21.8 Å². The van der Waals surface area contributed by atoms with E-state index in [2.05, 4.69) is 46.9 Å². The number of nitrogens with zero attached hydrogens (tertiary/aromatic N) is 3. The van der Waals surface area contributed by atoms with Gasteiger partial charge < -0.3 is 4.98 Å². The predicted molar refractivity (Wildman–Crippen MR) is 117 cm³/mol. The van der Waals surface area contributed by atoms with Crippen LogP contribution in [0.5, 0.6) is 0 Å². The van der Waals surface area contributed by atoms with Gasteiger partial charge in [0.05, 0.1) is 17.1 Å². The summed E-state index contributed by atoms with van der Waals surface area (Å²) in [5.74, 6) is 0.687. The summed E-state index contributed by atoms with van der Waals surface area (Å²) in [5, 5.41) is 6.06. The van der Waals surface area contributed by atoms with Crippen LogP contribution in [0.2, 0.25) is 0 Å². The molecule has 0 amide bonds. The molecule has 27 heavy (non-hydrogen) atoms. The van der Waals surface area contributed by atoms with Crippen LogP contribution in [-0.2, 0) is 0 Å². The van der Waals surface area contributed by atoms with Crippen LogP contribution in [0.15, 0.2) is 61.4 Å². The Morgan fingerprint density at radius 1 is 1.11 bits per heavy atom. The molecule has 0 fully saturated rings. The van der Waals surface area contributed by atoms with Gasteiger partial charge in [0, 0.05) is 37.5 Å². The molecule has 2 heterocycles. The van der Waals surface area contributed by atoms with Crippen molar-refractivity contribution in [2.75, 3.05) is 0 Å². The number of nitrogens with one attached hydrogen (secondary N) is 1. The fraction of sp³-hybridized carbons (Fsp3) is 0.150. The van der Waals surface area contributed by atoms with Crippen molar-refractivity contribution in [3.05, 3.63) is 73.3 Å². The molecule has 0 aliphatic carbocycles. The van der Waals surface area contributed by atoms with E-state index >= 15 is 0 Å². The Labute approximate surface area is 172 Å². The molecule has 0 unspecified atom stereocenters. The number of rotatable bonds is 3. The Morgan fingerprint density at radius 3 is 2.56 bits per heavy atom. The van der Waals surface area contributed by atoms with Crippen LogP contribution in [0.4, 0.5) is 0 Å². The lowest BCUT2D eigenvalue weighted by Gasteiger charge is -2.11. The molecule has 5 nitrogen and oxygen atoms in total. The van der Waals surface area contributed by atoms with Gasteiger partial charge in [0.25, 0.3) is 5.56 Å². The molecule has 0 bridgehead atoms. The molecule has 0 spiro atoms. The summed E-state index contributed by atoms with van der Waals surface area (Å²) in [6.45, 7) is 4.00. The molecule has 7 heteroatoms. The number of benzene rings is 2. The second-order valence-corrected chi connectivity index (χ2v) is 8.41. The first-order valence-electron chi connectivity index (χ1n) is 8.47. The molecule has 0 saturated heterocycles. The number of H-pyrrole nitrogens is 1. The molecular formula is C20H16Br2N4O. The highest BCUT2D eigenvalue weighted by Crippen LogP contribution is 2.22. The maximum absolute atomic E-state index is 13.1. The quantitative estimate of drug-likeness (QED) is 0.393. The van der Waals surface area contributed by atoms with E-state index in [1.807, 2.05) is 50.4 Å². The van der Waals surface area contributed by atoms with Crippen molar-refractivity contribution in [3.8, 4) is 0 Å². The first kappa shape index (κ1) is 18.1. The first-order chi connectivity index (χ1) is 12.9. The van der Waals surface area contributed by atoms with E-state index in [0.717, 1.165) is 25.4 Å². The van der Waals surface area contributed by atoms with Crippen molar-refractivity contribution in [2.45, 2.75) is 19.8 Å². The summed E-state index contributed by atoms with van der Waals surface area (Å²) in [5.41, 5.74) is 2.41. The van der Waals surface area contributed by atoms with E-state index in [1.165, 1.54) is 4.68 Å². The number of aromatic nitrogens is 3. The summed E-state index contributed by atoms with van der Waals surface area (Å²) in [4.78, 5) is 20.9. The van der Waals surface area contributed by atoms with Crippen molar-refractivity contribution in [2.24, 2.45) is 5.10 Å². The lowest BCUT2D eigenvalue weighted by Crippen LogP contribution is -2.23. The second kappa shape index (κ2) is 7.05. The second-order valence-electron chi connectivity index (χ2n) is 6.58. The van der Waals surface area contributed by atoms with E-state index in [9.17, 15) is 4.79 Å². The summed E-state index contributed by atoms with van der Waals surface area (Å²) in [6, 6.07) is 11.5. The van der Waals surface area contributed by atoms with Gasteiger partial charge in [-0.05, 0) is 36.4 Å². The fourth-order valence-electron chi connectivity index (χ4n) is 2.99. The van der Waals surface area contributed by atoms with Crippen LogP contribution in [0.3, 0.4) is 0 Å². The van der Waals surface area contributed by atoms with E-state index in [0.29, 0.717) is 16.7 Å². The van der Waals surface area contributed by atoms with Gasteiger partial charge in [-0.1, -0.05) is 45.7 Å². The van der Waals surface area contributed by atoms with Crippen LogP contribution in [-0.4, -0.2) is 20.9 Å². The molecule has 136 valence electrons. The third-order valence-corrected chi connectivity index (χ3v) is 5.32. The number of hydrogen-bond donors (Lipinski definition) is 1. The van der Waals surface area contributed by atoms with Gasteiger partial charge in [-0.2, -0.15) is 9.78 Å². The van der Waals surface area contributed by atoms with E-state index < -0.39 is 0 Å². The summed E-state index contributed by atoms with van der Waals surface area (Å²) in [7, 11) is 0. The summed E-state index contributed by atoms with van der Waals surface area (Å²) >= 11 is 6.92. The van der Waals surface area contributed by atoms with Crippen molar-refractivity contribution in [3.63, 3.8) is 0 Å². The molecule has 1 N–H and O–H groups in total. The van der Waals surface area contributed by atoms with Crippen molar-refractivity contribution in [1.82, 2.24) is 14.6 Å². The zero-order chi connectivity index (χ0) is 19.1. The monoisotopic (exact) mass is 486 g/mol. The largest absolute Gasteiger partial charge is 0.361 e. The van der Waals surface area contributed by atoms with Gasteiger partial charge in [0.15, 0.2) is 0 Å². The Balaban J connectivity index is 1.90. The van der Waals surface area contributed by atoms with Gasteiger partial charge in [0.2, 0.25) is 0 Å². The molecule has 0 atom stereocenters. The molecule has 0 radical (unpaired) electrons. The maximum atomic E-state index is 13.1. The zero-order valence-electron chi connectivity index (χ0n) is 14.7. The highest BCUT2D eigenvalue weighted by Gasteiger charge is 2.14. The van der Waals surface area contributed by atoms with Crippen LogP contribution in [0, 0.1) is 0 Å². The minimum absolute atomic E-state index is 0.0556. The highest BCUT2D eigenvalue weighted by molar-refractivity contribution is 9.10. The first-order valence-corrected chi connectivity index (χ1v) is 10.1. The van der Waals surface area contributed by atoms with Crippen LogP contribution in [0.1, 0.15) is 31.2 Å². The third-order valence-electron chi connectivity index (χ3n) is 4.34. The summed E-state index contributed by atoms with van der Waals surface area (Å²) < 4.78 is 3.22. The lowest BCUT2D eigenvalue weighted by molar-refractivity contribution is 0.665. The molecule has 0 aliphatic heterocycles. The zero-order valence-corrected chi connectivity index (χ0v) is 17.9. The molecule has 2 aromatic heterocycles. The molecule has 0 aliphatic rings. The number of hydrogen-bond acceptors (Lipinski definition) is 3. The van der Waals surface area contributed by atoms with Gasteiger partial charge in [0.1, 0.15) is 5.82 Å². The Kier molecular flexibility index (Phi) is 4.74. The minimum Gasteiger partial charge on any atom is -0.361 e. The van der Waals surface area contributed by atoms with Crippen LogP contribution < -0.4 is 5.56 Å². The molecule has 4 aromatic rings. The molecule has 0 saturated carbocycles. The number of aromatic amines is 1. The lowest BCUT2D eigenvalue weighted by atomic mass is 10.2. The molecular weight excluding hydrogens is 472 g/mol. The van der Waals surface area contributed by atoms with E-state index in [-0.39, 0.29) is 11.5 Å². The number of fused-ring (bicyclic) bond motifs is 2. The van der Waals surface area contributed by atoms with E-state index in [1.54, 1.807) is 12.3 Å². The maximum Gasteiger partial charge on any atom is 0.282 e. The minimum atomic E-state index is -0.178. The van der Waals surface area contributed by atoms with Gasteiger partial charge in [-0.3, -0.25) is 4.79 Å². The fourth-order valence-corrected chi connectivity index (χ4v) is 3.71. The summed E-state index contributed by atoms with van der Waals surface area (Å²) in [6.07, 6.45) is 3.58. The molecule has 2 aromatic carbocycles. The van der Waals surface area contributed by atoms with Crippen molar-refractivity contribution >= 4 is 59.9 Å². The third kappa shape index (κ3) is 3.37. The standard InChI is InChI=1S/C20H16Br2N4O/c1-11(2)19-25-18-6-4-14(22)8-16(18)20(27)26(19)24-10-12-9-23-17-5-3-13(21)7-15(12)17/h3-11,23H,1-2H3. The average Bonchev–Trinajstić information content (AvgIpc) is 3.03. The average molecular weight is 488 g/mol. The molecule has 4 rings (SSSR count). The van der Waals surface area contributed by atoms with E-state index in [4.69, 9.17) is 0 Å². The smallest absolute Gasteiger partial charge is 0.282 e. The van der Waals surface area contributed by atoms with Crippen molar-refractivity contribution < 1.29 is 0 Å². The Bertz CT molecular complexity index is 1250. The number of halogens is 2. The normalized spacial score (nSPS) is 12.0. The van der Waals surface area contributed by atoms with Crippen LogP contribution >= 0.6 is 31.9 Å². The highest BCUT2D eigenvalue weighted by atomic mass is 79.9. The van der Waals surface area contributed by atoms with Gasteiger partial charge in [-0.25, -0.2) is 4.98 Å². The predicted octanol–water partition coefficient (Wildman–Crippen LogP) is 5.41. The van der Waals surface area contributed by atoms with Gasteiger partial charge in [-0.15, -0.1) is 0 Å². The van der Waals surface area contributed by atoms with Gasteiger partial charge >= 0.3 is 0 Å². The topological polar surface area (TPSA) is 63.0 Å². The Morgan fingerprint density at radius 2 is 1.81 bits per heavy atom. The SMILES string of the molecule is CC(C)c1nc2ccc(Br)cc2c(=O)n1N=Cc1c[nH]c2ccc(Br)cc12. The Hall–Kier alpha value is -2.25.